The first-order valence-corrected chi connectivity index (χ1v) is 6.94. The van der Waals surface area contributed by atoms with Crippen molar-refractivity contribution >= 4 is 23.3 Å². The third-order valence-corrected chi connectivity index (χ3v) is 3.23. The molecule has 4 nitrogen and oxygen atoms in total. The van der Waals surface area contributed by atoms with Gasteiger partial charge in [-0.15, -0.1) is 11.6 Å². The van der Waals surface area contributed by atoms with Crippen LogP contribution in [0.1, 0.15) is 25.8 Å². The van der Waals surface area contributed by atoms with Gasteiger partial charge in [-0.1, -0.05) is 6.07 Å². The lowest BCUT2D eigenvalue weighted by Gasteiger charge is -2.23. The minimum Gasteiger partial charge on any atom is -0.493 e. The van der Waals surface area contributed by atoms with Crippen LogP contribution in [0.15, 0.2) is 18.2 Å². The fourth-order valence-electron chi connectivity index (χ4n) is 2.14. The number of urea groups is 1. The summed E-state index contributed by atoms with van der Waals surface area (Å²) in [5.41, 5.74) is 1.66. The summed E-state index contributed by atoms with van der Waals surface area (Å²) in [5, 5.41) is 5.78. The van der Waals surface area contributed by atoms with Crippen LogP contribution < -0.4 is 15.4 Å². The topological polar surface area (TPSA) is 50.4 Å². The maximum atomic E-state index is 11.8. The second kappa shape index (κ2) is 5.70. The van der Waals surface area contributed by atoms with Crippen LogP contribution in [-0.4, -0.2) is 24.1 Å². The quantitative estimate of drug-likeness (QED) is 0.658. The molecule has 0 aromatic heterocycles. The second-order valence-electron chi connectivity index (χ2n) is 5.35. The lowest BCUT2D eigenvalue weighted by atomic mass is 9.95. The number of carbonyl (C=O) groups is 1. The molecule has 0 spiro atoms. The maximum absolute atomic E-state index is 11.8. The lowest BCUT2D eigenvalue weighted by Crippen LogP contribution is -2.44. The van der Waals surface area contributed by atoms with Crippen molar-refractivity contribution in [2.75, 3.05) is 17.8 Å². The van der Waals surface area contributed by atoms with Crippen LogP contribution in [0, 0.1) is 0 Å². The van der Waals surface area contributed by atoms with Gasteiger partial charge in [-0.25, -0.2) is 4.79 Å². The average Bonchev–Trinajstić information content (AvgIpc) is 2.42. The number of nitrogens with one attached hydrogen (secondary N) is 2. The molecule has 0 saturated heterocycles. The molecule has 0 saturated carbocycles. The van der Waals surface area contributed by atoms with Gasteiger partial charge in [-0.05, 0) is 38.3 Å². The standard InChI is InChI=1S/C14H19ClN2O2/c1-14(2)9-10-4-5-11(19-7-3-6-15)8-12(10)16-13(18)17-14/h4-5,8H,3,6-7,9H2,1-2H3,(H2,16,17,18). The third kappa shape index (κ3) is 3.77. The van der Waals surface area contributed by atoms with Gasteiger partial charge in [0, 0.05) is 23.2 Å². The van der Waals surface area contributed by atoms with Gasteiger partial charge in [0.05, 0.1) is 6.61 Å². The average molecular weight is 283 g/mol. The molecule has 5 heteroatoms. The van der Waals surface area contributed by atoms with Crippen molar-refractivity contribution in [2.45, 2.75) is 32.2 Å². The van der Waals surface area contributed by atoms with Crippen molar-refractivity contribution in [3.8, 4) is 5.75 Å². The molecule has 1 aliphatic heterocycles. The summed E-state index contributed by atoms with van der Waals surface area (Å²) in [6.45, 7) is 4.60. The number of ether oxygens (including phenoxy) is 1. The molecule has 2 amide bonds. The molecule has 2 rings (SSSR count). The van der Waals surface area contributed by atoms with Gasteiger partial charge in [0.1, 0.15) is 5.75 Å². The van der Waals surface area contributed by atoms with Gasteiger partial charge in [0.15, 0.2) is 0 Å². The van der Waals surface area contributed by atoms with E-state index in [1.54, 1.807) is 0 Å². The highest BCUT2D eigenvalue weighted by Crippen LogP contribution is 2.28. The first-order chi connectivity index (χ1) is 9.00. The Hall–Kier alpha value is -1.42. The lowest BCUT2D eigenvalue weighted by molar-refractivity contribution is 0.242. The number of hydrogen-bond donors (Lipinski definition) is 2. The molecule has 104 valence electrons. The molecular formula is C14H19ClN2O2. The van der Waals surface area contributed by atoms with E-state index in [4.69, 9.17) is 16.3 Å². The van der Waals surface area contributed by atoms with Crippen molar-refractivity contribution in [3.05, 3.63) is 23.8 Å². The van der Waals surface area contributed by atoms with E-state index >= 15 is 0 Å². The Labute approximate surface area is 118 Å². The summed E-state index contributed by atoms with van der Waals surface area (Å²) in [5.74, 6) is 1.34. The van der Waals surface area contributed by atoms with Crippen LogP contribution in [0.2, 0.25) is 0 Å². The molecule has 0 bridgehead atoms. The number of fused-ring (bicyclic) bond motifs is 1. The zero-order valence-electron chi connectivity index (χ0n) is 11.3. The van der Waals surface area contributed by atoms with Crippen LogP contribution in [-0.2, 0) is 6.42 Å². The molecule has 0 aliphatic carbocycles. The van der Waals surface area contributed by atoms with Crippen LogP contribution in [0.5, 0.6) is 5.75 Å². The molecular weight excluding hydrogens is 264 g/mol. The maximum Gasteiger partial charge on any atom is 0.319 e. The largest absolute Gasteiger partial charge is 0.493 e. The van der Waals surface area contributed by atoms with Gasteiger partial charge >= 0.3 is 6.03 Å². The Kier molecular flexibility index (Phi) is 4.20. The Balaban J connectivity index is 2.18. The number of amides is 2. The molecule has 0 atom stereocenters. The monoisotopic (exact) mass is 282 g/mol. The number of alkyl halides is 1. The Morgan fingerprint density at radius 3 is 2.95 bits per heavy atom. The fourth-order valence-corrected chi connectivity index (χ4v) is 2.25. The van der Waals surface area contributed by atoms with E-state index in [1.807, 2.05) is 32.0 Å². The van der Waals surface area contributed by atoms with E-state index in [2.05, 4.69) is 10.6 Å². The minimum atomic E-state index is -0.254. The van der Waals surface area contributed by atoms with Crippen LogP contribution in [0.3, 0.4) is 0 Å². The predicted molar refractivity (Wildman–Crippen MR) is 77.2 cm³/mol. The normalized spacial score (nSPS) is 16.9. The number of anilines is 1. The van der Waals surface area contributed by atoms with Crippen LogP contribution in [0.25, 0.3) is 0 Å². The third-order valence-electron chi connectivity index (χ3n) is 2.96. The van der Waals surface area contributed by atoms with Gasteiger partial charge in [-0.2, -0.15) is 0 Å². The Morgan fingerprint density at radius 1 is 1.42 bits per heavy atom. The van der Waals surface area contributed by atoms with Crippen molar-refractivity contribution in [1.82, 2.24) is 5.32 Å². The van der Waals surface area contributed by atoms with E-state index in [9.17, 15) is 4.79 Å². The van der Waals surface area contributed by atoms with Crippen LogP contribution in [0.4, 0.5) is 10.5 Å². The van der Waals surface area contributed by atoms with Gasteiger partial charge in [-0.3, -0.25) is 0 Å². The second-order valence-corrected chi connectivity index (χ2v) is 5.73. The minimum absolute atomic E-state index is 0.179. The first kappa shape index (κ1) is 14.0. The van der Waals surface area contributed by atoms with E-state index in [-0.39, 0.29) is 11.6 Å². The van der Waals surface area contributed by atoms with Crippen molar-refractivity contribution in [3.63, 3.8) is 0 Å². The Morgan fingerprint density at radius 2 is 2.21 bits per heavy atom. The van der Waals surface area contributed by atoms with Gasteiger partial charge in [0.2, 0.25) is 0 Å². The summed E-state index contributed by atoms with van der Waals surface area (Å²) in [7, 11) is 0. The molecule has 19 heavy (non-hydrogen) atoms. The molecule has 1 aromatic carbocycles. The van der Waals surface area contributed by atoms with Crippen LogP contribution >= 0.6 is 11.6 Å². The summed E-state index contributed by atoms with van der Waals surface area (Å²) in [6.07, 6.45) is 1.59. The SMILES string of the molecule is CC1(C)Cc2ccc(OCCCCl)cc2NC(=O)N1. The summed E-state index contributed by atoms with van der Waals surface area (Å²) < 4.78 is 5.58. The van der Waals surface area contributed by atoms with E-state index in [0.29, 0.717) is 12.5 Å². The molecule has 1 heterocycles. The van der Waals surface area contributed by atoms with Gasteiger partial charge < -0.3 is 15.4 Å². The highest BCUT2D eigenvalue weighted by molar-refractivity contribution is 6.17. The molecule has 2 N–H and O–H groups in total. The first-order valence-electron chi connectivity index (χ1n) is 6.41. The number of halogens is 1. The predicted octanol–water partition coefficient (Wildman–Crippen LogP) is 3.15. The number of carbonyl (C=O) groups excluding carboxylic acids is 1. The van der Waals surface area contributed by atoms with E-state index < -0.39 is 0 Å². The van der Waals surface area contributed by atoms with Crippen molar-refractivity contribution in [1.29, 1.82) is 0 Å². The van der Waals surface area contributed by atoms with E-state index in [0.717, 1.165) is 29.8 Å². The molecule has 0 unspecified atom stereocenters. The Bertz CT molecular complexity index is 475. The number of benzene rings is 1. The molecule has 1 aliphatic rings. The zero-order chi connectivity index (χ0) is 13.9. The summed E-state index contributed by atoms with van der Waals surface area (Å²) >= 11 is 5.61. The summed E-state index contributed by atoms with van der Waals surface area (Å²) in [6, 6.07) is 5.62. The highest BCUT2D eigenvalue weighted by Gasteiger charge is 2.26. The zero-order valence-corrected chi connectivity index (χ0v) is 12.0. The van der Waals surface area contributed by atoms with Crippen molar-refractivity contribution < 1.29 is 9.53 Å². The fraction of sp³-hybridized carbons (Fsp3) is 0.500. The van der Waals surface area contributed by atoms with Crippen molar-refractivity contribution in [2.24, 2.45) is 0 Å². The number of hydrogen-bond acceptors (Lipinski definition) is 2. The molecule has 1 aromatic rings. The highest BCUT2D eigenvalue weighted by atomic mass is 35.5. The summed E-state index contributed by atoms with van der Waals surface area (Å²) in [4.78, 5) is 11.8. The van der Waals surface area contributed by atoms with Gasteiger partial charge in [0.25, 0.3) is 0 Å². The molecule has 0 fully saturated rings. The number of rotatable bonds is 4. The van der Waals surface area contributed by atoms with E-state index in [1.165, 1.54) is 0 Å². The molecule has 0 radical (unpaired) electrons. The smallest absolute Gasteiger partial charge is 0.319 e.